The molecule has 0 fully saturated rings. The number of alkyl halides is 3. The highest BCUT2D eigenvalue weighted by Crippen LogP contribution is 2.20. The number of hydrogen-bond donors (Lipinski definition) is 1. The average Bonchev–Trinajstić information content (AvgIpc) is 2.09. The third-order valence-electron chi connectivity index (χ3n) is 1.53. The second kappa shape index (κ2) is 5.47. The van der Waals surface area contributed by atoms with Crippen molar-refractivity contribution in [1.82, 2.24) is 5.32 Å². The van der Waals surface area contributed by atoms with Crippen molar-refractivity contribution in [3.05, 3.63) is 0 Å². The zero-order valence-corrected chi connectivity index (χ0v) is 7.69. The molecule has 0 rings (SSSR count). The van der Waals surface area contributed by atoms with Crippen molar-refractivity contribution < 1.29 is 18.0 Å². The van der Waals surface area contributed by atoms with E-state index in [1.54, 1.807) is 13.0 Å². The van der Waals surface area contributed by atoms with Gasteiger partial charge < -0.3 is 5.32 Å². The van der Waals surface area contributed by atoms with Crippen molar-refractivity contribution in [3.8, 4) is 6.07 Å². The first-order valence-corrected chi connectivity index (χ1v) is 4.14. The molecule has 0 aromatic rings. The van der Waals surface area contributed by atoms with Gasteiger partial charge in [0.15, 0.2) is 0 Å². The topological polar surface area (TPSA) is 52.9 Å². The van der Waals surface area contributed by atoms with Gasteiger partial charge in [-0.1, -0.05) is 6.92 Å². The van der Waals surface area contributed by atoms with E-state index in [-0.39, 0.29) is 0 Å². The number of carbonyl (C=O) groups is 1. The Morgan fingerprint density at radius 2 is 2.14 bits per heavy atom. The van der Waals surface area contributed by atoms with E-state index in [1.165, 1.54) is 0 Å². The molecule has 1 N–H and O–H groups in total. The maximum Gasteiger partial charge on any atom is 0.389 e. The van der Waals surface area contributed by atoms with Crippen molar-refractivity contribution in [1.29, 1.82) is 5.26 Å². The highest BCUT2D eigenvalue weighted by Gasteiger charge is 2.28. The van der Waals surface area contributed by atoms with Crippen molar-refractivity contribution in [2.24, 2.45) is 0 Å². The summed E-state index contributed by atoms with van der Waals surface area (Å²) in [5, 5.41) is 10.6. The van der Waals surface area contributed by atoms with E-state index in [2.05, 4.69) is 5.32 Å². The number of amides is 1. The van der Waals surface area contributed by atoms with Crippen LogP contribution in [-0.2, 0) is 4.79 Å². The summed E-state index contributed by atoms with van der Waals surface area (Å²) in [7, 11) is 0. The molecule has 6 heteroatoms. The third kappa shape index (κ3) is 6.29. The van der Waals surface area contributed by atoms with Crippen molar-refractivity contribution in [2.75, 3.05) is 0 Å². The van der Waals surface area contributed by atoms with Crippen molar-refractivity contribution in [3.63, 3.8) is 0 Å². The van der Waals surface area contributed by atoms with Crippen molar-refractivity contribution in [2.45, 2.75) is 38.4 Å². The van der Waals surface area contributed by atoms with Crippen LogP contribution in [0.25, 0.3) is 0 Å². The fourth-order valence-corrected chi connectivity index (χ4v) is 0.747. The first kappa shape index (κ1) is 12.8. The molecule has 1 unspecified atom stereocenters. The Morgan fingerprint density at radius 1 is 1.57 bits per heavy atom. The standard InChI is InChI=1S/C8H11F3N2O/c1-2-6(5-12)13-7(14)3-4-8(9,10)11/h6H,2-4H2,1H3,(H,13,14). The molecule has 0 aliphatic carbocycles. The highest BCUT2D eigenvalue weighted by molar-refractivity contribution is 5.76. The molecule has 0 aromatic carbocycles. The van der Waals surface area contributed by atoms with E-state index in [9.17, 15) is 18.0 Å². The molecule has 3 nitrogen and oxygen atoms in total. The fraction of sp³-hybridized carbons (Fsp3) is 0.750. The predicted octanol–water partition coefficient (Wildman–Crippen LogP) is 1.75. The second-order valence-electron chi connectivity index (χ2n) is 2.77. The Hall–Kier alpha value is -1.25. The van der Waals surface area contributed by atoms with Gasteiger partial charge in [-0.25, -0.2) is 0 Å². The summed E-state index contributed by atoms with van der Waals surface area (Å²) in [5.74, 6) is -0.740. The average molecular weight is 208 g/mol. The summed E-state index contributed by atoms with van der Waals surface area (Å²) in [6, 6.07) is 1.07. The Balaban J connectivity index is 3.83. The van der Waals surface area contributed by atoms with Crippen molar-refractivity contribution >= 4 is 5.91 Å². The van der Waals surface area contributed by atoms with E-state index < -0.39 is 31.0 Å². The van der Waals surface area contributed by atoms with E-state index in [0.717, 1.165) is 0 Å². The van der Waals surface area contributed by atoms with Gasteiger partial charge in [-0.05, 0) is 6.42 Å². The van der Waals surface area contributed by atoms with Crippen LogP contribution in [0.15, 0.2) is 0 Å². The molecular formula is C8H11F3N2O. The molecule has 1 atom stereocenters. The molecule has 0 heterocycles. The molecule has 0 spiro atoms. The normalized spacial score (nSPS) is 13.1. The lowest BCUT2D eigenvalue weighted by Gasteiger charge is -2.09. The van der Waals surface area contributed by atoms with Gasteiger partial charge in [-0.15, -0.1) is 0 Å². The summed E-state index contributed by atoms with van der Waals surface area (Å²) in [6.07, 6.45) is -5.72. The van der Waals surface area contributed by atoms with Crippen LogP contribution in [0.1, 0.15) is 26.2 Å². The van der Waals surface area contributed by atoms with Gasteiger partial charge in [0.2, 0.25) is 5.91 Å². The third-order valence-corrected chi connectivity index (χ3v) is 1.53. The van der Waals surface area contributed by atoms with Gasteiger partial charge in [-0.2, -0.15) is 18.4 Å². The van der Waals surface area contributed by atoms with E-state index in [1.807, 2.05) is 0 Å². The lowest BCUT2D eigenvalue weighted by atomic mass is 10.2. The lowest BCUT2D eigenvalue weighted by Crippen LogP contribution is -2.33. The highest BCUT2D eigenvalue weighted by atomic mass is 19.4. The Labute approximate surface area is 79.9 Å². The monoisotopic (exact) mass is 208 g/mol. The summed E-state index contributed by atoms with van der Waals surface area (Å²) in [6.45, 7) is 1.66. The predicted molar refractivity (Wildman–Crippen MR) is 43.1 cm³/mol. The summed E-state index contributed by atoms with van der Waals surface area (Å²) in [5.41, 5.74) is 0. The molecule has 0 aliphatic heterocycles. The lowest BCUT2D eigenvalue weighted by molar-refractivity contribution is -0.144. The maximum absolute atomic E-state index is 11.7. The molecule has 14 heavy (non-hydrogen) atoms. The van der Waals surface area contributed by atoms with Gasteiger partial charge in [-0.3, -0.25) is 4.79 Å². The number of nitriles is 1. The molecule has 0 saturated carbocycles. The van der Waals surface area contributed by atoms with E-state index in [4.69, 9.17) is 5.26 Å². The van der Waals surface area contributed by atoms with Crippen LogP contribution in [0.3, 0.4) is 0 Å². The first-order valence-electron chi connectivity index (χ1n) is 4.14. The Morgan fingerprint density at radius 3 is 2.50 bits per heavy atom. The minimum Gasteiger partial charge on any atom is -0.340 e. The van der Waals surface area contributed by atoms with Crippen LogP contribution in [0, 0.1) is 11.3 Å². The summed E-state index contributed by atoms with van der Waals surface area (Å²) < 4.78 is 35.0. The zero-order valence-electron chi connectivity index (χ0n) is 7.69. The van der Waals surface area contributed by atoms with Gasteiger partial charge in [0.1, 0.15) is 6.04 Å². The van der Waals surface area contributed by atoms with Crippen LogP contribution in [0.2, 0.25) is 0 Å². The molecule has 80 valence electrons. The van der Waals surface area contributed by atoms with E-state index >= 15 is 0 Å². The molecule has 0 bridgehead atoms. The van der Waals surface area contributed by atoms with Gasteiger partial charge in [0, 0.05) is 6.42 Å². The molecular weight excluding hydrogens is 197 g/mol. The SMILES string of the molecule is CCC(C#N)NC(=O)CCC(F)(F)F. The number of halogens is 3. The number of nitrogens with one attached hydrogen (secondary N) is 1. The Kier molecular flexibility index (Phi) is 4.99. The van der Waals surface area contributed by atoms with Crippen LogP contribution in [-0.4, -0.2) is 18.1 Å². The molecule has 0 aromatic heterocycles. The smallest absolute Gasteiger partial charge is 0.340 e. The molecule has 1 amide bonds. The Bertz CT molecular complexity index is 232. The molecule has 0 saturated heterocycles. The largest absolute Gasteiger partial charge is 0.389 e. The molecule has 0 radical (unpaired) electrons. The number of carbonyl (C=O) groups excluding carboxylic acids is 1. The number of rotatable bonds is 4. The zero-order chi connectivity index (χ0) is 11.2. The van der Waals surface area contributed by atoms with Crippen LogP contribution in [0.5, 0.6) is 0 Å². The first-order chi connectivity index (χ1) is 6.39. The quantitative estimate of drug-likeness (QED) is 0.765. The van der Waals surface area contributed by atoms with Crippen LogP contribution < -0.4 is 5.32 Å². The minimum absolute atomic E-state index is 0.383. The minimum atomic E-state index is -4.33. The number of nitrogens with zero attached hydrogens (tertiary/aromatic N) is 1. The van der Waals surface area contributed by atoms with Gasteiger partial charge in [0.05, 0.1) is 12.5 Å². The number of hydrogen-bond acceptors (Lipinski definition) is 2. The van der Waals surface area contributed by atoms with E-state index in [0.29, 0.717) is 6.42 Å². The second-order valence-corrected chi connectivity index (χ2v) is 2.77. The summed E-state index contributed by atoms with van der Waals surface area (Å²) in [4.78, 5) is 10.9. The van der Waals surface area contributed by atoms with Crippen LogP contribution >= 0.6 is 0 Å². The van der Waals surface area contributed by atoms with Crippen LogP contribution in [0.4, 0.5) is 13.2 Å². The van der Waals surface area contributed by atoms with Gasteiger partial charge in [0.25, 0.3) is 0 Å². The van der Waals surface area contributed by atoms with Gasteiger partial charge >= 0.3 is 6.18 Å². The molecule has 0 aliphatic rings. The maximum atomic E-state index is 11.7. The fourth-order valence-electron chi connectivity index (χ4n) is 0.747. The summed E-state index contributed by atoms with van der Waals surface area (Å²) >= 11 is 0.